The van der Waals surface area contributed by atoms with Crippen molar-refractivity contribution < 1.29 is 4.92 Å². The lowest BCUT2D eigenvalue weighted by Gasteiger charge is -2.31. The van der Waals surface area contributed by atoms with Gasteiger partial charge in [-0.15, -0.1) is 0 Å². The fourth-order valence-corrected chi connectivity index (χ4v) is 3.55. The highest BCUT2D eigenvalue weighted by molar-refractivity contribution is 5.60. The molecule has 1 N–H and O–H groups in total. The second-order valence-electron chi connectivity index (χ2n) is 6.31. The van der Waals surface area contributed by atoms with E-state index in [2.05, 4.69) is 5.32 Å². The lowest BCUT2D eigenvalue weighted by atomic mass is 9.82. The molecule has 3 rings (SSSR count). The fourth-order valence-electron chi connectivity index (χ4n) is 3.55. The Labute approximate surface area is 119 Å². The monoisotopic (exact) mass is 274 g/mol. The number of nitro groups is 1. The zero-order chi connectivity index (χ0) is 14.1. The summed E-state index contributed by atoms with van der Waals surface area (Å²) in [5.41, 5.74) is 1.90. The van der Waals surface area contributed by atoms with Crippen molar-refractivity contribution >= 4 is 11.4 Å². The van der Waals surface area contributed by atoms with Crippen LogP contribution in [0.3, 0.4) is 0 Å². The molecule has 1 aromatic carbocycles. The van der Waals surface area contributed by atoms with Crippen LogP contribution in [0.5, 0.6) is 0 Å². The molecule has 0 heterocycles. The topological polar surface area (TPSA) is 55.2 Å². The number of anilines is 1. The van der Waals surface area contributed by atoms with Crippen LogP contribution in [0.2, 0.25) is 0 Å². The number of rotatable bonds is 4. The van der Waals surface area contributed by atoms with Gasteiger partial charge in [0, 0.05) is 23.4 Å². The number of hydrogen-bond donors (Lipinski definition) is 1. The number of nitrogens with zero attached hydrogens (tertiary/aromatic N) is 1. The Hall–Kier alpha value is -1.58. The summed E-state index contributed by atoms with van der Waals surface area (Å²) in [5.74, 6) is 1.84. The van der Waals surface area contributed by atoms with Crippen LogP contribution in [0.4, 0.5) is 11.4 Å². The zero-order valence-corrected chi connectivity index (χ0v) is 12.0. The lowest BCUT2D eigenvalue weighted by Crippen LogP contribution is -2.28. The van der Waals surface area contributed by atoms with Crippen LogP contribution in [0.1, 0.15) is 44.1 Å². The summed E-state index contributed by atoms with van der Waals surface area (Å²) in [4.78, 5) is 10.7. The van der Waals surface area contributed by atoms with Gasteiger partial charge in [-0.05, 0) is 50.5 Å². The van der Waals surface area contributed by atoms with Crippen LogP contribution in [-0.2, 0) is 0 Å². The van der Waals surface area contributed by atoms with Gasteiger partial charge in [-0.1, -0.05) is 18.9 Å². The molecule has 0 radical (unpaired) electrons. The van der Waals surface area contributed by atoms with Crippen LogP contribution in [0.25, 0.3) is 0 Å². The Kier molecular flexibility index (Phi) is 3.64. The molecule has 0 aromatic heterocycles. The highest BCUT2D eigenvalue weighted by Crippen LogP contribution is 2.44. The molecule has 2 fully saturated rings. The van der Waals surface area contributed by atoms with Gasteiger partial charge in [0.1, 0.15) is 0 Å². The molecule has 4 heteroatoms. The molecule has 2 atom stereocenters. The minimum atomic E-state index is -0.297. The summed E-state index contributed by atoms with van der Waals surface area (Å²) >= 11 is 0. The first-order chi connectivity index (χ1) is 9.65. The van der Waals surface area contributed by atoms with Gasteiger partial charge >= 0.3 is 0 Å². The molecule has 1 aromatic rings. The minimum absolute atomic E-state index is 0.213. The molecule has 0 spiro atoms. The summed E-state index contributed by atoms with van der Waals surface area (Å²) in [6.07, 6.45) is 7.89. The smallest absolute Gasteiger partial charge is 0.274 e. The summed E-state index contributed by atoms with van der Waals surface area (Å²) < 4.78 is 0. The SMILES string of the molecule is Cc1c(NC2CCCC(C3CC3)C2)cccc1[N+](=O)[O-]. The van der Waals surface area contributed by atoms with E-state index < -0.39 is 0 Å². The molecule has 20 heavy (non-hydrogen) atoms. The van der Waals surface area contributed by atoms with Crippen LogP contribution in [-0.4, -0.2) is 11.0 Å². The Morgan fingerprint density at radius 2 is 2.00 bits per heavy atom. The molecular weight excluding hydrogens is 252 g/mol. The average molecular weight is 274 g/mol. The number of nitrogens with one attached hydrogen (secondary N) is 1. The van der Waals surface area contributed by atoms with E-state index in [0.29, 0.717) is 6.04 Å². The van der Waals surface area contributed by atoms with Gasteiger partial charge in [-0.3, -0.25) is 10.1 Å². The Balaban J connectivity index is 1.70. The first kappa shape index (κ1) is 13.4. The van der Waals surface area contributed by atoms with Gasteiger partial charge in [0.2, 0.25) is 0 Å². The number of benzene rings is 1. The molecule has 2 aliphatic rings. The van der Waals surface area contributed by atoms with Crippen LogP contribution in [0, 0.1) is 28.9 Å². The molecule has 2 unspecified atom stereocenters. The van der Waals surface area contributed by atoms with E-state index in [9.17, 15) is 10.1 Å². The van der Waals surface area contributed by atoms with Crippen molar-refractivity contribution in [2.75, 3.05) is 5.32 Å². The molecular formula is C16H22N2O2. The van der Waals surface area contributed by atoms with Gasteiger partial charge in [0.05, 0.1) is 4.92 Å². The maximum atomic E-state index is 11.0. The predicted molar refractivity (Wildman–Crippen MR) is 79.9 cm³/mol. The van der Waals surface area contributed by atoms with Crippen LogP contribution in [0.15, 0.2) is 18.2 Å². The molecule has 4 nitrogen and oxygen atoms in total. The fraction of sp³-hybridized carbons (Fsp3) is 0.625. The van der Waals surface area contributed by atoms with E-state index >= 15 is 0 Å². The highest BCUT2D eigenvalue weighted by Gasteiger charge is 2.34. The van der Waals surface area contributed by atoms with E-state index in [0.717, 1.165) is 23.1 Å². The Morgan fingerprint density at radius 3 is 2.70 bits per heavy atom. The third kappa shape index (κ3) is 2.79. The van der Waals surface area contributed by atoms with E-state index in [1.807, 2.05) is 13.0 Å². The third-order valence-corrected chi connectivity index (χ3v) is 4.86. The van der Waals surface area contributed by atoms with Crippen molar-refractivity contribution in [1.29, 1.82) is 0 Å². The van der Waals surface area contributed by atoms with Gasteiger partial charge < -0.3 is 5.32 Å². The summed E-state index contributed by atoms with van der Waals surface area (Å²) in [7, 11) is 0. The van der Waals surface area contributed by atoms with Gasteiger partial charge in [0.25, 0.3) is 5.69 Å². The Bertz CT molecular complexity index is 511. The van der Waals surface area contributed by atoms with E-state index in [1.54, 1.807) is 12.1 Å². The van der Waals surface area contributed by atoms with Crippen LogP contribution >= 0.6 is 0 Å². The normalized spacial score (nSPS) is 26.2. The maximum Gasteiger partial charge on any atom is 0.274 e. The first-order valence-corrected chi connectivity index (χ1v) is 7.65. The van der Waals surface area contributed by atoms with Crippen molar-refractivity contribution in [3.63, 3.8) is 0 Å². The van der Waals surface area contributed by atoms with Crippen molar-refractivity contribution in [2.24, 2.45) is 11.8 Å². The van der Waals surface area contributed by atoms with Crippen molar-refractivity contribution in [2.45, 2.75) is 51.5 Å². The quantitative estimate of drug-likeness (QED) is 0.658. The van der Waals surface area contributed by atoms with Gasteiger partial charge in [0.15, 0.2) is 0 Å². The molecule has 0 bridgehead atoms. The largest absolute Gasteiger partial charge is 0.382 e. The van der Waals surface area contributed by atoms with Crippen molar-refractivity contribution in [1.82, 2.24) is 0 Å². The van der Waals surface area contributed by atoms with Gasteiger partial charge in [-0.2, -0.15) is 0 Å². The highest BCUT2D eigenvalue weighted by atomic mass is 16.6. The minimum Gasteiger partial charge on any atom is -0.382 e. The molecule has 108 valence electrons. The van der Waals surface area contributed by atoms with Crippen LogP contribution < -0.4 is 5.32 Å². The second-order valence-corrected chi connectivity index (χ2v) is 6.31. The molecule has 2 saturated carbocycles. The van der Waals surface area contributed by atoms with E-state index in [1.165, 1.54) is 38.5 Å². The van der Waals surface area contributed by atoms with Crippen molar-refractivity contribution in [3.05, 3.63) is 33.9 Å². The molecule has 0 aliphatic heterocycles. The molecule has 0 saturated heterocycles. The van der Waals surface area contributed by atoms with E-state index in [4.69, 9.17) is 0 Å². The second kappa shape index (κ2) is 5.43. The Morgan fingerprint density at radius 1 is 1.20 bits per heavy atom. The zero-order valence-electron chi connectivity index (χ0n) is 12.0. The predicted octanol–water partition coefficient (Wildman–Crippen LogP) is 4.28. The summed E-state index contributed by atoms with van der Waals surface area (Å²) in [5, 5.41) is 14.5. The maximum absolute atomic E-state index is 11.0. The lowest BCUT2D eigenvalue weighted by molar-refractivity contribution is -0.385. The number of hydrogen-bond acceptors (Lipinski definition) is 3. The summed E-state index contributed by atoms with van der Waals surface area (Å²) in [6.45, 7) is 1.83. The average Bonchev–Trinajstić information content (AvgIpc) is 3.25. The third-order valence-electron chi connectivity index (χ3n) is 4.86. The molecule has 0 amide bonds. The van der Waals surface area contributed by atoms with Gasteiger partial charge in [-0.25, -0.2) is 0 Å². The van der Waals surface area contributed by atoms with Crippen molar-refractivity contribution in [3.8, 4) is 0 Å². The van der Waals surface area contributed by atoms with E-state index in [-0.39, 0.29) is 10.6 Å². The standard InChI is InChI=1S/C16H22N2O2/c1-11-15(6-3-7-16(11)18(19)20)17-14-5-2-4-13(10-14)12-8-9-12/h3,6-7,12-14,17H,2,4-5,8-10H2,1H3. The molecule has 2 aliphatic carbocycles. The first-order valence-electron chi connectivity index (χ1n) is 7.65. The summed E-state index contributed by atoms with van der Waals surface area (Å²) in [6, 6.07) is 5.79. The number of nitro benzene ring substituents is 1.